The summed E-state index contributed by atoms with van der Waals surface area (Å²) in [4.78, 5) is 8.68. The Hall–Kier alpha value is -3.85. The molecule has 1 heterocycles. The Bertz CT molecular complexity index is 1230. The van der Waals surface area contributed by atoms with Gasteiger partial charge >= 0.3 is 12.2 Å². The van der Waals surface area contributed by atoms with E-state index in [1.807, 2.05) is 0 Å². The van der Waals surface area contributed by atoms with Gasteiger partial charge in [0.1, 0.15) is 29.5 Å². The number of anilines is 2. The Morgan fingerprint density at radius 1 is 0.879 bits per heavy atom. The fourth-order valence-electron chi connectivity index (χ4n) is 3.10. The number of methoxy groups -OCH3 is 1. The maximum atomic E-state index is 13.8. The van der Waals surface area contributed by atoms with Crippen molar-refractivity contribution in [2.75, 3.05) is 25.6 Å². The molecular weight excluding hydrogens is 435 g/mol. The summed E-state index contributed by atoms with van der Waals surface area (Å²) in [5, 5.41) is 3.60. The highest BCUT2D eigenvalue weighted by molar-refractivity contribution is 5.91. The van der Waals surface area contributed by atoms with Crippen molar-refractivity contribution in [3.05, 3.63) is 78.4 Å². The fourth-order valence-corrected chi connectivity index (χ4v) is 3.10. The predicted octanol–water partition coefficient (Wildman–Crippen LogP) is 6.21. The number of rotatable bonds is 8. The summed E-state index contributed by atoms with van der Waals surface area (Å²) in [5.41, 5.74) is -0.136. The SMILES string of the molecule is COCCOc1nc(Nc2ccc(Oc3ccccc3)c(C(F)(F)F)c2)c2ccccc2n1. The smallest absolute Gasteiger partial charge is 0.420 e. The van der Waals surface area contributed by atoms with Crippen LogP contribution in [0.5, 0.6) is 17.5 Å². The maximum absolute atomic E-state index is 13.8. The van der Waals surface area contributed by atoms with Gasteiger partial charge in [0.05, 0.1) is 12.1 Å². The largest absolute Gasteiger partial charge is 0.461 e. The van der Waals surface area contributed by atoms with Crippen molar-refractivity contribution >= 4 is 22.4 Å². The number of hydrogen-bond acceptors (Lipinski definition) is 6. The van der Waals surface area contributed by atoms with Crippen molar-refractivity contribution in [1.82, 2.24) is 9.97 Å². The van der Waals surface area contributed by atoms with Gasteiger partial charge < -0.3 is 19.5 Å². The molecular formula is C24H20F3N3O3. The molecule has 0 fully saturated rings. The molecule has 0 atom stereocenters. The Morgan fingerprint density at radius 3 is 2.39 bits per heavy atom. The number of halogens is 3. The number of alkyl halides is 3. The standard InChI is InChI=1S/C24H20F3N3O3/c1-31-13-14-32-23-29-20-10-6-5-9-18(20)22(30-23)28-16-11-12-21(19(15-16)24(25,26)27)33-17-7-3-2-4-8-17/h2-12,15H,13-14H2,1H3,(H,28,29,30). The van der Waals surface area contributed by atoms with Crippen LogP contribution in [0, 0.1) is 0 Å². The van der Waals surface area contributed by atoms with Crippen LogP contribution in [0.25, 0.3) is 10.9 Å². The monoisotopic (exact) mass is 455 g/mol. The van der Waals surface area contributed by atoms with Crippen LogP contribution < -0.4 is 14.8 Å². The molecule has 0 unspecified atom stereocenters. The van der Waals surface area contributed by atoms with E-state index in [-0.39, 0.29) is 24.1 Å². The van der Waals surface area contributed by atoms with Gasteiger partial charge in [0.15, 0.2) is 0 Å². The first-order valence-corrected chi connectivity index (χ1v) is 10.0. The van der Waals surface area contributed by atoms with Crippen LogP contribution >= 0.6 is 0 Å². The van der Waals surface area contributed by atoms with Crippen LogP contribution in [-0.4, -0.2) is 30.3 Å². The van der Waals surface area contributed by atoms with Gasteiger partial charge in [-0.3, -0.25) is 0 Å². The summed E-state index contributed by atoms with van der Waals surface area (Å²) >= 11 is 0. The predicted molar refractivity (Wildman–Crippen MR) is 118 cm³/mol. The topological polar surface area (TPSA) is 65.5 Å². The fraction of sp³-hybridized carbons (Fsp3) is 0.167. The lowest BCUT2D eigenvalue weighted by molar-refractivity contribution is -0.138. The summed E-state index contributed by atoms with van der Waals surface area (Å²) in [6.07, 6.45) is -4.62. The van der Waals surface area contributed by atoms with Crippen molar-refractivity contribution < 1.29 is 27.4 Å². The maximum Gasteiger partial charge on any atom is 0.420 e. The number of benzene rings is 3. The molecule has 0 saturated carbocycles. The molecule has 3 aromatic carbocycles. The second kappa shape index (κ2) is 9.74. The first kappa shape index (κ1) is 22.3. The normalized spacial score (nSPS) is 11.4. The zero-order valence-electron chi connectivity index (χ0n) is 17.6. The quantitative estimate of drug-likeness (QED) is 0.319. The Labute approximate surface area is 188 Å². The Balaban J connectivity index is 1.68. The van der Waals surface area contributed by atoms with Gasteiger partial charge in [-0.25, -0.2) is 0 Å². The van der Waals surface area contributed by atoms with Crippen LogP contribution in [0.3, 0.4) is 0 Å². The highest BCUT2D eigenvalue weighted by atomic mass is 19.4. The molecule has 0 aliphatic heterocycles. The minimum atomic E-state index is -4.62. The summed E-state index contributed by atoms with van der Waals surface area (Å²) in [5.74, 6) is 0.330. The second-order valence-corrected chi connectivity index (χ2v) is 6.96. The molecule has 170 valence electrons. The summed E-state index contributed by atoms with van der Waals surface area (Å²) in [6, 6.07) is 19.3. The molecule has 9 heteroatoms. The number of para-hydroxylation sites is 2. The van der Waals surface area contributed by atoms with Gasteiger partial charge in [-0.15, -0.1) is 0 Å². The number of nitrogens with zero attached hydrogens (tertiary/aromatic N) is 2. The molecule has 0 amide bonds. The van der Waals surface area contributed by atoms with Gasteiger partial charge in [-0.05, 0) is 42.5 Å². The summed E-state index contributed by atoms with van der Waals surface area (Å²) < 4.78 is 57.3. The number of fused-ring (bicyclic) bond motifs is 1. The molecule has 1 N–H and O–H groups in total. The Kier molecular flexibility index (Phi) is 6.60. The van der Waals surface area contributed by atoms with Crippen molar-refractivity contribution in [1.29, 1.82) is 0 Å². The third-order valence-corrected chi connectivity index (χ3v) is 4.62. The van der Waals surface area contributed by atoms with Gasteiger partial charge in [0, 0.05) is 18.2 Å². The lowest BCUT2D eigenvalue weighted by Crippen LogP contribution is -2.09. The van der Waals surface area contributed by atoms with Gasteiger partial charge in [0.2, 0.25) is 0 Å². The molecule has 0 saturated heterocycles. The van der Waals surface area contributed by atoms with E-state index in [1.54, 1.807) is 61.7 Å². The lowest BCUT2D eigenvalue weighted by atomic mass is 10.1. The highest BCUT2D eigenvalue weighted by Crippen LogP contribution is 2.40. The van der Waals surface area contributed by atoms with Crippen LogP contribution in [0.1, 0.15) is 5.56 Å². The molecule has 4 aromatic rings. The zero-order valence-corrected chi connectivity index (χ0v) is 17.6. The van der Waals surface area contributed by atoms with E-state index >= 15 is 0 Å². The first-order chi connectivity index (χ1) is 15.9. The van der Waals surface area contributed by atoms with E-state index < -0.39 is 11.7 Å². The Morgan fingerprint density at radius 2 is 1.64 bits per heavy atom. The van der Waals surface area contributed by atoms with Crippen molar-refractivity contribution in [2.24, 2.45) is 0 Å². The van der Waals surface area contributed by atoms with Gasteiger partial charge in [0.25, 0.3) is 0 Å². The van der Waals surface area contributed by atoms with E-state index in [1.165, 1.54) is 12.1 Å². The van der Waals surface area contributed by atoms with Gasteiger partial charge in [-0.1, -0.05) is 30.3 Å². The van der Waals surface area contributed by atoms with Crippen LogP contribution in [0.4, 0.5) is 24.7 Å². The van der Waals surface area contributed by atoms with E-state index in [0.717, 1.165) is 6.07 Å². The van der Waals surface area contributed by atoms with Crippen molar-refractivity contribution in [3.8, 4) is 17.5 Å². The number of ether oxygens (including phenoxy) is 3. The molecule has 0 aliphatic carbocycles. The van der Waals surface area contributed by atoms with E-state index in [4.69, 9.17) is 14.2 Å². The van der Waals surface area contributed by atoms with E-state index in [9.17, 15) is 13.2 Å². The van der Waals surface area contributed by atoms with E-state index in [2.05, 4.69) is 15.3 Å². The molecule has 4 rings (SSSR count). The minimum Gasteiger partial charge on any atom is -0.461 e. The average molecular weight is 455 g/mol. The van der Waals surface area contributed by atoms with Crippen molar-refractivity contribution in [3.63, 3.8) is 0 Å². The molecule has 1 aromatic heterocycles. The van der Waals surface area contributed by atoms with Crippen LogP contribution in [-0.2, 0) is 10.9 Å². The molecule has 0 radical (unpaired) electrons. The minimum absolute atomic E-state index is 0.0910. The van der Waals surface area contributed by atoms with Crippen LogP contribution in [0.2, 0.25) is 0 Å². The highest BCUT2D eigenvalue weighted by Gasteiger charge is 2.35. The van der Waals surface area contributed by atoms with Crippen LogP contribution in [0.15, 0.2) is 72.8 Å². The average Bonchev–Trinajstić information content (AvgIpc) is 2.80. The summed E-state index contributed by atoms with van der Waals surface area (Å²) in [7, 11) is 1.54. The van der Waals surface area contributed by atoms with Gasteiger partial charge in [-0.2, -0.15) is 23.1 Å². The molecule has 6 nitrogen and oxygen atoms in total. The third-order valence-electron chi connectivity index (χ3n) is 4.62. The third kappa shape index (κ3) is 5.50. The summed E-state index contributed by atoms with van der Waals surface area (Å²) in [6.45, 7) is 0.578. The number of aromatic nitrogens is 2. The first-order valence-electron chi connectivity index (χ1n) is 10.0. The molecule has 0 spiro atoms. The molecule has 33 heavy (non-hydrogen) atoms. The van der Waals surface area contributed by atoms with Crippen molar-refractivity contribution in [2.45, 2.75) is 6.18 Å². The number of hydrogen-bond donors (Lipinski definition) is 1. The zero-order chi connectivity index (χ0) is 23.3. The van der Waals surface area contributed by atoms with E-state index in [0.29, 0.717) is 29.1 Å². The number of nitrogens with one attached hydrogen (secondary N) is 1. The molecule has 0 bridgehead atoms. The lowest BCUT2D eigenvalue weighted by Gasteiger charge is -2.16. The second-order valence-electron chi connectivity index (χ2n) is 6.96. The molecule has 0 aliphatic rings.